The number of nitrogens with zero attached hydrogens (tertiary/aromatic N) is 5. The van der Waals surface area contributed by atoms with Gasteiger partial charge in [-0.1, -0.05) is 22.0 Å². The molecule has 0 unspecified atom stereocenters. The molecule has 3 heterocycles. The van der Waals surface area contributed by atoms with Crippen LogP contribution >= 0.6 is 15.9 Å². The van der Waals surface area contributed by atoms with E-state index < -0.39 is 10.0 Å². The van der Waals surface area contributed by atoms with E-state index in [1.165, 1.54) is 0 Å². The monoisotopic (exact) mass is 491 g/mol. The minimum Gasteiger partial charge on any atom is -0.352 e. The highest BCUT2D eigenvalue weighted by atomic mass is 79.9. The van der Waals surface area contributed by atoms with Crippen molar-refractivity contribution in [2.24, 2.45) is 4.40 Å². The number of nitrogens with one attached hydrogen (secondary N) is 2. The van der Waals surface area contributed by atoms with E-state index >= 15 is 0 Å². The van der Waals surface area contributed by atoms with Crippen molar-refractivity contribution in [1.82, 2.24) is 19.9 Å². The lowest BCUT2D eigenvalue weighted by molar-refractivity contribution is 0.384. The molecule has 9 nitrogen and oxygen atoms in total. The average Bonchev–Trinajstić information content (AvgIpc) is 3.08. The van der Waals surface area contributed by atoms with Crippen molar-refractivity contribution in [3.05, 3.63) is 46.8 Å². The van der Waals surface area contributed by atoms with Gasteiger partial charge in [0.15, 0.2) is 0 Å². The van der Waals surface area contributed by atoms with Gasteiger partial charge in [-0.2, -0.15) is 0 Å². The number of sulfonamides is 1. The highest BCUT2D eigenvalue weighted by Gasteiger charge is 2.24. The molecule has 30 heavy (non-hydrogen) atoms. The molecule has 1 fully saturated rings. The van der Waals surface area contributed by atoms with E-state index in [9.17, 15) is 8.42 Å². The first kappa shape index (κ1) is 20.6. The van der Waals surface area contributed by atoms with E-state index in [1.54, 1.807) is 6.33 Å². The van der Waals surface area contributed by atoms with E-state index in [0.717, 1.165) is 38.8 Å². The van der Waals surface area contributed by atoms with E-state index in [1.807, 2.05) is 42.3 Å². The molecule has 0 radical (unpaired) electrons. The highest BCUT2D eigenvalue weighted by Crippen LogP contribution is 2.26. The number of guanidine groups is 1. The number of aromatic amines is 1. The van der Waals surface area contributed by atoms with Crippen molar-refractivity contribution in [1.29, 1.82) is 0 Å². The van der Waals surface area contributed by atoms with E-state index in [4.69, 9.17) is 0 Å². The van der Waals surface area contributed by atoms with Crippen molar-refractivity contribution < 1.29 is 8.42 Å². The summed E-state index contributed by atoms with van der Waals surface area (Å²) in [6.07, 6.45) is 4.58. The summed E-state index contributed by atoms with van der Waals surface area (Å²) in [7, 11) is -3.56. The zero-order valence-corrected chi connectivity index (χ0v) is 19.0. The summed E-state index contributed by atoms with van der Waals surface area (Å²) >= 11 is 3.43. The Morgan fingerprint density at radius 1 is 1.23 bits per heavy atom. The molecule has 158 valence electrons. The van der Waals surface area contributed by atoms with Crippen LogP contribution in [0, 0.1) is 6.92 Å². The lowest BCUT2D eigenvalue weighted by atomic mass is 10.2. The Balaban J connectivity index is 1.55. The van der Waals surface area contributed by atoms with E-state index in [0.29, 0.717) is 32.1 Å². The molecule has 1 aromatic carbocycles. The molecule has 3 aromatic rings. The Morgan fingerprint density at radius 3 is 2.70 bits per heavy atom. The largest absolute Gasteiger partial charge is 0.352 e. The summed E-state index contributed by atoms with van der Waals surface area (Å²) in [5.41, 5.74) is 2.67. The van der Waals surface area contributed by atoms with Crippen LogP contribution in [0.5, 0.6) is 0 Å². The fourth-order valence-corrected chi connectivity index (χ4v) is 4.35. The Bertz CT molecular complexity index is 1200. The fraction of sp³-hybridized carbons (Fsp3) is 0.316. The summed E-state index contributed by atoms with van der Waals surface area (Å²) in [4.78, 5) is 16.1. The number of H-pyrrole nitrogens is 1. The molecular formula is C19H22BrN7O2S. The molecule has 0 saturated carbocycles. The summed E-state index contributed by atoms with van der Waals surface area (Å²) in [5, 5.41) is 4.17. The molecule has 0 atom stereocenters. The van der Waals surface area contributed by atoms with Crippen LogP contribution in [0.1, 0.15) is 5.56 Å². The van der Waals surface area contributed by atoms with Gasteiger partial charge in [-0.15, -0.1) is 4.40 Å². The van der Waals surface area contributed by atoms with Gasteiger partial charge in [-0.25, -0.2) is 18.4 Å². The lowest BCUT2D eigenvalue weighted by Gasteiger charge is -2.37. The predicted octanol–water partition coefficient (Wildman–Crippen LogP) is 2.58. The number of aryl methyl sites for hydroxylation is 1. The number of rotatable bonds is 3. The van der Waals surface area contributed by atoms with Crippen LogP contribution in [0.25, 0.3) is 11.0 Å². The molecule has 1 saturated heterocycles. The number of piperazine rings is 1. The Kier molecular flexibility index (Phi) is 5.65. The third-order valence-corrected chi connectivity index (χ3v) is 5.86. The molecule has 0 bridgehead atoms. The molecule has 0 amide bonds. The first-order chi connectivity index (χ1) is 14.3. The number of hydrogen-bond acceptors (Lipinski definition) is 5. The molecule has 2 N–H and O–H groups in total. The molecule has 2 aromatic heterocycles. The molecule has 0 spiro atoms. The second-order valence-electron chi connectivity index (χ2n) is 7.15. The average molecular weight is 492 g/mol. The summed E-state index contributed by atoms with van der Waals surface area (Å²) in [6, 6.07) is 7.52. The number of hydrogen-bond donors (Lipinski definition) is 2. The van der Waals surface area contributed by atoms with Gasteiger partial charge in [0.1, 0.15) is 17.8 Å². The van der Waals surface area contributed by atoms with Crippen LogP contribution < -0.4 is 10.2 Å². The van der Waals surface area contributed by atoms with Gasteiger partial charge in [0.05, 0.1) is 11.6 Å². The highest BCUT2D eigenvalue weighted by molar-refractivity contribution is 9.10. The van der Waals surface area contributed by atoms with Gasteiger partial charge in [-0.3, -0.25) is 0 Å². The minimum atomic E-state index is -3.56. The number of aromatic nitrogens is 3. The van der Waals surface area contributed by atoms with Crippen LogP contribution in [0.15, 0.2) is 45.7 Å². The fourth-order valence-electron chi connectivity index (χ4n) is 3.48. The first-order valence-corrected chi connectivity index (χ1v) is 12.1. The number of halogens is 1. The Morgan fingerprint density at radius 2 is 2.00 bits per heavy atom. The van der Waals surface area contributed by atoms with Crippen LogP contribution in [0.4, 0.5) is 11.5 Å². The van der Waals surface area contributed by atoms with Crippen molar-refractivity contribution in [3.63, 3.8) is 0 Å². The Labute approximate surface area is 183 Å². The van der Waals surface area contributed by atoms with Gasteiger partial charge in [0.25, 0.3) is 10.0 Å². The first-order valence-electron chi connectivity index (χ1n) is 9.41. The van der Waals surface area contributed by atoms with E-state index in [-0.39, 0.29) is 0 Å². The predicted molar refractivity (Wildman–Crippen MR) is 122 cm³/mol. The minimum absolute atomic E-state index is 0.320. The van der Waals surface area contributed by atoms with Gasteiger partial charge in [0, 0.05) is 42.5 Å². The lowest BCUT2D eigenvalue weighted by Crippen LogP contribution is -2.51. The van der Waals surface area contributed by atoms with Crippen LogP contribution in [0.2, 0.25) is 0 Å². The molecular weight excluding hydrogens is 470 g/mol. The molecule has 0 aliphatic carbocycles. The Hall–Kier alpha value is -2.66. The number of fused-ring (bicyclic) bond motifs is 1. The van der Waals surface area contributed by atoms with Crippen LogP contribution in [-0.2, 0) is 10.0 Å². The van der Waals surface area contributed by atoms with Crippen molar-refractivity contribution in [2.45, 2.75) is 6.92 Å². The normalized spacial score (nSPS) is 15.6. The maximum absolute atomic E-state index is 11.9. The third-order valence-electron chi connectivity index (χ3n) is 4.86. The van der Waals surface area contributed by atoms with Crippen LogP contribution in [0.3, 0.4) is 0 Å². The van der Waals surface area contributed by atoms with Gasteiger partial charge in [0.2, 0.25) is 5.96 Å². The molecule has 4 rings (SSSR count). The van der Waals surface area contributed by atoms with Gasteiger partial charge < -0.3 is 20.1 Å². The van der Waals surface area contributed by atoms with Gasteiger partial charge >= 0.3 is 0 Å². The second-order valence-corrected chi connectivity index (χ2v) is 9.71. The third kappa shape index (κ3) is 4.57. The summed E-state index contributed by atoms with van der Waals surface area (Å²) in [5.74, 6) is 1.21. The SMILES string of the molecule is Cc1c[nH]c2ncnc(N3CCN(/C(=N/S(C)(=O)=O)Nc4cccc(Br)c4)CC3)c12. The van der Waals surface area contributed by atoms with Crippen molar-refractivity contribution in [3.8, 4) is 0 Å². The topological polar surface area (TPSA) is 107 Å². The zero-order chi connectivity index (χ0) is 21.3. The van der Waals surface area contributed by atoms with Crippen molar-refractivity contribution >= 4 is 54.5 Å². The molecule has 11 heteroatoms. The number of anilines is 2. The smallest absolute Gasteiger partial charge is 0.253 e. The van der Waals surface area contributed by atoms with Crippen LogP contribution in [-0.4, -0.2) is 66.7 Å². The molecule has 1 aliphatic rings. The summed E-state index contributed by atoms with van der Waals surface area (Å²) in [6.45, 7) is 4.59. The number of benzene rings is 1. The molecule has 1 aliphatic heterocycles. The van der Waals surface area contributed by atoms with Gasteiger partial charge in [-0.05, 0) is 30.7 Å². The maximum Gasteiger partial charge on any atom is 0.253 e. The van der Waals surface area contributed by atoms with Crippen molar-refractivity contribution in [2.75, 3.05) is 42.7 Å². The van der Waals surface area contributed by atoms with E-state index in [2.05, 4.69) is 45.5 Å². The zero-order valence-electron chi connectivity index (χ0n) is 16.6. The second kappa shape index (κ2) is 8.23. The quantitative estimate of drug-likeness (QED) is 0.428. The maximum atomic E-state index is 11.9. The summed E-state index contributed by atoms with van der Waals surface area (Å²) < 4.78 is 28.6. The standard InChI is InChI=1S/C19H22BrN7O2S/c1-13-11-21-17-16(13)18(23-12-22-17)26-6-8-27(9-7-26)19(25-30(2,28)29)24-15-5-3-4-14(20)10-15/h3-5,10-12H,6-9H2,1-2H3,(H,24,25)(H,21,22,23).